The van der Waals surface area contributed by atoms with Crippen LogP contribution in [0.15, 0.2) is 54.9 Å². The van der Waals surface area contributed by atoms with Gasteiger partial charge >= 0.3 is 0 Å². The first-order chi connectivity index (χ1) is 16.4. The Balaban J connectivity index is 1.49. The van der Waals surface area contributed by atoms with Gasteiger partial charge in [0.25, 0.3) is 0 Å². The summed E-state index contributed by atoms with van der Waals surface area (Å²) >= 11 is 0. The lowest BCUT2D eigenvalue weighted by molar-refractivity contribution is -0.231. The Bertz CT molecular complexity index is 1110. The number of aliphatic hydroxyl groups excluding tert-OH is 4. The summed E-state index contributed by atoms with van der Waals surface area (Å²) in [6.45, 7) is 1.53. The molecule has 1 aromatic heterocycles. The maximum absolute atomic E-state index is 10.5. The molecule has 5 atom stereocenters. The van der Waals surface area contributed by atoms with Crippen molar-refractivity contribution in [1.29, 1.82) is 0 Å². The minimum Gasteiger partial charge on any atom is -0.481 e. The van der Waals surface area contributed by atoms with E-state index in [-0.39, 0.29) is 0 Å². The molecule has 2 aromatic carbocycles. The second-order valence-electron chi connectivity index (χ2n) is 8.26. The van der Waals surface area contributed by atoms with Gasteiger partial charge in [0.1, 0.15) is 42.6 Å². The Morgan fingerprint density at radius 1 is 0.912 bits per heavy atom. The zero-order chi connectivity index (χ0) is 24.2. The van der Waals surface area contributed by atoms with Gasteiger partial charge in [0.05, 0.1) is 19.8 Å². The van der Waals surface area contributed by atoms with Gasteiger partial charge in [-0.3, -0.25) is 0 Å². The van der Waals surface area contributed by atoms with Crippen LogP contribution in [0.1, 0.15) is 28.4 Å². The van der Waals surface area contributed by atoms with E-state index in [0.717, 1.165) is 16.7 Å². The third-order valence-electron chi connectivity index (χ3n) is 5.96. The topological polar surface area (TPSA) is 134 Å². The number of ether oxygens (including phenoxy) is 3. The Morgan fingerprint density at radius 2 is 1.65 bits per heavy atom. The molecule has 0 bridgehead atoms. The van der Waals surface area contributed by atoms with Crippen LogP contribution in [0.5, 0.6) is 17.5 Å². The summed E-state index contributed by atoms with van der Waals surface area (Å²) < 4.78 is 16.5. The summed E-state index contributed by atoms with van der Waals surface area (Å²) in [5, 5.41) is 40.1. The molecule has 180 valence electrons. The zero-order valence-corrected chi connectivity index (χ0v) is 18.9. The van der Waals surface area contributed by atoms with Crippen LogP contribution in [0, 0.1) is 6.92 Å². The molecule has 1 saturated heterocycles. The van der Waals surface area contributed by atoms with E-state index in [1.807, 2.05) is 49.4 Å². The van der Waals surface area contributed by atoms with Crippen molar-refractivity contribution < 1.29 is 34.6 Å². The van der Waals surface area contributed by atoms with Gasteiger partial charge in [-0.15, -0.1) is 0 Å². The molecule has 0 spiro atoms. The lowest BCUT2D eigenvalue weighted by Gasteiger charge is -2.40. The SMILES string of the molecule is COc1cc(Oc2ccc(Cc3cc([C@@H]4O[C@H](CO)[C@@H](O)[C@H](O)[C@H]4O)ccc3C)cc2)ncn1. The van der Waals surface area contributed by atoms with Crippen molar-refractivity contribution in [2.24, 2.45) is 0 Å². The number of hydrogen-bond acceptors (Lipinski definition) is 9. The molecule has 1 aliphatic heterocycles. The van der Waals surface area contributed by atoms with Crippen LogP contribution in [0.25, 0.3) is 0 Å². The molecule has 0 aliphatic carbocycles. The van der Waals surface area contributed by atoms with Crippen molar-refractivity contribution in [3.05, 3.63) is 77.1 Å². The van der Waals surface area contributed by atoms with Crippen LogP contribution in [-0.2, 0) is 11.2 Å². The van der Waals surface area contributed by atoms with Gasteiger partial charge in [-0.05, 0) is 47.7 Å². The highest BCUT2D eigenvalue weighted by Crippen LogP contribution is 2.33. The van der Waals surface area contributed by atoms with Crippen molar-refractivity contribution >= 4 is 0 Å². The fourth-order valence-corrected chi connectivity index (χ4v) is 3.94. The van der Waals surface area contributed by atoms with Gasteiger partial charge in [0.15, 0.2) is 0 Å². The van der Waals surface area contributed by atoms with Crippen LogP contribution < -0.4 is 9.47 Å². The second kappa shape index (κ2) is 10.5. The standard InChI is InChI=1S/C25H28N2O7/c1-14-3-6-16(25-24(31)23(30)22(29)19(12-28)34-25)10-17(14)9-15-4-7-18(8-5-15)33-21-11-20(32-2)26-13-27-21/h3-8,10-11,13,19,22-25,28-31H,9,12H2,1-2H3/t19-,22-,23+,24-,25+/m1/s1. The molecule has 4 rings (SSSR count). The van der Waals surface area contributed by atoms with Crippen LogP contribution in [-0.4, -0.2) is 68.5 Å². The van der Waals surface area contributed by atoms with E-state index in [0.29, 0.717) is 29.5 Å². The number of benzene rings is 2. The molecule has 0 saturated carbocycles. The number of aliphatic hydroxyl groups is 4. The van der Waals surface area contributed by atoms with E-state index in [1.165, 1.54) is 13.4 Å². The van der Waals surface area contributed by atoms with Crippen molar-refractivity contribution in [1.82, 2.24) is 9.97 Å². The number of methoxy groups -OCH3 is 1. The second-order valence-corrected chi connectivity index (χ2v) is 8.26. The first-order valence-electron chi connectivity index (χ1n) is 10.9. The number of aromatic nitrogens is 2. The average molecular weight is 469 g/mol. The Labute approximate surface area is 197 Å². The summed E-state index contributed by atoms with van der Waals surface area (Å²) in [7, 11) is 1.52. The molecule has 1 aliphatic rings. The fraction of sp³-hybridized carbons (Fsp3) is 0.360. The third-order valence-corrected chi connectivity index (χ3v) is 5.96. The molecule has 4 N–H and O–H groups in total. The quantitative estimate of drug-likeness (QED) is 0.409. The molecule has 0 amide bonds. The van der Waals surface area contributed by atoms with Crippen molar-refractivity contribution in [2.45, 2.75) is 43.9 Å². The predicted octanol–water partition coefficient (Wildman–Crippen LogP) is 1.69. The summed E-state index contributed by atoms with van der Waals surface area (Å²) in [5.41, 5.74) is 3.78. The molecule has 9 heteroatoms. The first-order valence-corrected chi connectivity index (χ1v) is 10.9. The van der Waals surface area contributed by atoms with Gasteiger partial charge < -0.3 is 34.6 Å². The zero-order valence-electron chi connectivity index (χ0n) is 18.9. The van der Waals surface area contributed by atoms with Crippen molar-refractivity contribution in [2.75, 3.05) is 13.7 Å². The first kappa shape index (κ1) is 24.1. The summed E-state index contributed by atoms with van der Waals surface area (Å²) in [5.74, 6) is 1.41. The number of hydrogen-bond donors (Lipinski definition) is 4. The lowest BCUT2D eigenvalue weighted by Crippen LogP contribution is -2.55. The highest BCUT2D eigenvalue weighted by Gasteiger charge is 2.43. The van der Waals surface area contributed by atoms with Gasteiger partial charge in [0.2, 0.25) is 11.8 Å². The molecule has 1 fully saturated rings. The monoisotopic (exact) mass is 468 g/mol. The van der Waals surface area contributed by atoms with E-state index < -0.39 is 37.1 Å². The van der Waals surface area contributed by atoms with E-state index in [2.05, 4.69) is 9.97 Å². The fourth-order valence-electron chi connectivity index (χ4n) is 3.94. The van der Waals surface area contributed by atoms with Crippen LogP contribution in [0.4, 0.5) is 0 Å². The smallest absolute Gasteiger partial charge is 0.226 e. The number of rotatable bonds is 7. The minimum absolute atomic E-state index is 0.377. The molecule has 3 aromatic rings. The van der Waals surface area contributed by atoms with E-state index in [9.17, 15) is 20.4 Å². The Hall–Kier alpha value is -3.08. The maximum atomic E-state index is 10.5. The van der Waals surface area contributed by atoms with E-state index in [4.69, 9.17) is 14.2 Å². The van der Waals surface area contributed by atoms with Gasteiger partial charge in [-0.25, -0.2) is 9.97 Å². The Morgan fingerprint density at radius 3 is 2.35 bits per heavy atom. The molecule has 9 nitrogen and oxygen atoms in total. The molecular formula is C25H28N2O7. The molecule has 2 heterocycles. The largest absolute Gasteiger partial charge is 0.481 e. The number of aryl methyl sites for hydroxylation is 1. The van der Waals surface area contributed by atoms with Crippen molar-refractivity contribution in [3.63, 3.8) is 0 Å². The summed E-state index contributed by atoms with van der Waals surface area (Å²) in [6.07, 6.45) is -3.93. The van der Waals surface area contributed by atoms with Gasteiger partial charge in [-0.2, -0.15) is 0 Å². The predicted molar refractivity (Wildman–Crippen MR) is 122 cm³/mol. The number of nitrogens with zero attached hydrogens (tertiary/aromatic N) is 2. The molecular weight excluding hydrogens is 440 g/mol. The van der Waals surface area contributed by atoms with E-state index >= 15 is 0 Å². The summed E-state index contributed by atoms with van der Waals surface area (Å²) in [4.78, 5) is 8.03. The highest BCUT2D eigenvalue weighted by molar-refractivity contribution is 5.39. The Kier molecular flexibility index (Phi) is 7.40. The average Bonchev–Trinajstić information content (AvgIpc) is 2.85. The maximum Gasteiger partial charge on any atom is 0.226 e. The van der Waals surface area contributed by atoms with Crippen LogP contribution in [0.2, 0.25) is 0 Å². The normalized spacial score (nSPS) is 24.6. The van der Waals surface area contributed by atoms with Crippen LogP contribution in [0.3, 0.4) is 0 Å². The van der Waals surface area contributed by atoms with E-state index in [1.54, 1.807) is 6.07 Å². The minimum atomic E-state index is -1.41. The van der Waals surface area contributed by atoms with Gasteiger partial charge in [-0.1, -0.05) is 30.3 Å². The molecule has 0 unspecified atom stereocenters. The van der Waals surface area contributed by atoms with Gasteiger partial charge in [0, 0.05) is 0 Å². The molecule has 0 radical (unpaired) electrons. The molecule has 34 heavy (non-hydrogen) atoms. The van der Waals surface area contributed by atoms with Crippen LogP contribution >= 0.6 is 0 Å². The summed E-state index contributed by atoms with van der Waals surface area (Å²) in [6, 6.07) is 14.9. The third kappa shape index (κ3) is 5.19. The lowest BCUT2D eigenvalue weighted by atomic mass is 9.89. The van der Waals surface area contributed by atoms with Crippen molar-refractivity contribution in [3.8, 4) is 17.5 Å². The highest BCUT2D eigenvalue weighted by atomic mass is 16.5.